The Hall–Kier alpha value is -0.810. The number of halogens is 1. The fraction of sp³-hybridized carbons (Fsp3) is 0.571. The van der Waals surface area contributed by atoms with E-state index < -0.39 is 0 Å². The Morgan fingerprint density at radius 1 is 1.58 bits per heavy atom. The topological polar surface area (TPSA) is 47.7 Å². The maximum Gasteiger partial charge on any atom is 0.138 e. The van der Waals surface area contributed by atoms with Crippen molar-refractivity contribution in [2.24, 2.45) is 5.73 Å². The van der Waals surface area contributed by atoms with E-state index in [0.717, 1.165) is 25.3 Å². The summed E-state index contributed by atoms with van der Waals surface area (Å²) in [5, 5.41) is 0.596. The summed E-state index contributed by atoms with van der Waals surface area (Å²) in [5.41, 5.74) is 6.82. The zero-order chi connectivity index (χ0) is 13.8. The number of likely N-dealkylation sites (N-methyl/N-ethyl adjacent to an activating group) is 1. The first kappa shape index (κ1) is 14.6. The van der Waals surface area contributed by atoms with Crippen molar-refractivity contribution in [3.8, 4) is 5.75 Å². The van der Waals surface area contributed by atoms with Gasteiger partial charge in [-0.15, -0.1) is 0 Å². The van der Waals surface area contributed by atoms with Gasteiger partial charge in [-0.1, -0.05) is 17.7 Å². The van der Waals surface area contributed by atoms with E-state index >= 15 is 0 Å². The van der Waals surface area contributed by atoms with Crippen LogP contribution in [0.4, 0.5) is 0 Å². The van der Waals surface area contributed by atoms with Crippen LogP contribution in [-0.4, -0.2) is 44.4 Å². The Labute approximate surface area is 119 Å². The van der Waals surface area contributed by atoms with Gasteiger partial charge in [0.25, 0.3) is 0 Å². The molecule has 19 heavy (non-hydrogen) atoms. The largest absolute Gasteiger partial charge is 0.489 e. The highest BCUT2D eigenvalue weighted by Crippen LogP contribution is 2.27. The lowest BCUT2D eigenvalue weighted by atomic mass is 10.1. The van der Waals surface area contributed by atoms with Crippen molar-refractivity contribution in [3.05, 3.63) is 28.8 Å². The summed E-state index contributed by atoms with van der Waals surface area (Å²) in [6.45, 7) is 5.05. The van der Waals surface area contributed by atoms with Crippen LogP contribution < -0.4 is 10.5 Å². The minimum absolute atomic E-state index is 0.0260. The Kier molecular flexibility index (Phi) is 5.05. The lowest BCUT2D eigenvalue weighted by Crippen LogP contribution is -2.42. The molecule has 0 aromatic heterocycles. The molecule has 4 nitrogen and oxygen atoms in total. The Morgan fingerprint density at radius 3 is 3.00 bits per heavy atom. The van der Waals surface area contributed by atoms with Crippen molar-refractivity contribution < 1.29 is 9.47 Å². The van der Waals surface area contributed by atoms with Crippen molar-refractivity contribution in [3.63, 3.8) is 0 Å². The summed E-state index contributed by atoms with van der Waals surface area (Å²) in [4.78, 5) is 2.23. The average molecular weight is 285 g/mol. The molecule has 1 aliphatic heterocycles. The second-order valence-corrected chi connectivity index (χ2v) is 5.45. The van der Waals surface area contributed by atoms with Gasteiger partial charge >= 0.3 is 0 Å². The molecule has 1 aromatic rings. The third-order valence-corrected chi connectivity index (χ3v) is 3.54. The molecule has 2 rings (SSSR count). The van der Waals surface area contributed by atoms with Gasteiger partial charge in [0.15, 0.2) is 0 Å². The van der Waals surface area contributed by atoms with E-state index in [2.05, 4.69) is 11.9 Å². The molecule has 106 valence electrons. The Bertz CT molecular complexity index is 426. The first-order valence-corrected chi connectivity index (χ1v) is 6.92. The van der Waals surface area contributed by atoms with Gasteiger partial charge in [0.1, 0.15) is 18.5 Å². The molecule has 1 aromatic carbocycles. The highest BCUT2D eigenvalue weighted by molar-refractivity contribution is 6.32. The first-order chi connectivity index (χ1) is 9.06. The molecule has 1 fully saturated rings. The number of hydrogen-bond acceptors (Lipinski definition) is 4. The number of hydrogen-bond donors (Lipinski definition) is 1. The third-order valence-electron chi connectivity index (χ3n) is 3.25. The molecule has 2 atom stereocenters. The summed E-state index contributed by atoms with van der Waals surface area (Å²) in [5.74, 6) is 0.683. The maximum absolute atomic E-state index is 6.19. The van der Waals surface area contributed by atoms with E-state index in [-0.39, 0.29) is 12.1 Å². The fourth-order valence-corrected chi connectivity index (χ4v) is 2.31. The standard InChI is InChI=1S/C14H21ClN2O2/c1-10(16)11-3-4-14(13(15)7-11)19-9-12-8-17(2)5-6-18-12/h3-4,7,10,12H,5-6,8-9,16H2,1-2H3/t10-,12?/m0/s1. The summed E-state index contributed by atoms with van der Waals surface area (Å²) < 4.78 is 11.4. The van der Waals surface area contributed by atoms with E-state index in [1.54, 1.807) is 0 Å². The number of nitrogens with zero attached hydrogens (tertiary/aromatic N) is 1. The van der Waals surface area contributed by atoms with E-state index in [9.17, 15) is 0 Å². The molecule has 5 heteroatoms. The van der Waals surface area contributed by atoms with Gasteiger partial charge in [-0.3, -0.25) is 0 Å². The summed E-state index contributed by atoms with van der Waals surface area (Å²) in [6.07, 6.45) is 0.0999. The molecule has 0 bridgehead atoms. The first-order valence-electron chi connectivity index (χ1n) is 6.54. The smallest absolute Gasteiger partial charge is 0.138 e. The van der Waals surface area contributed by atoms with Gasteiger partial charge in [0.2, 0.25) is 0 Å². The van der Waals surface area contributed by atoms with Gasteiger partial charge < -0.3 is 20.1 Å². The number of nitrogens with two attached hydrogens (primary N) is 1. The fourth-order valence-electron chi connectivity index (χ4n) is 2.07. The zero-order valence-electron chi connectivity index (χ0n) is 11.4. The summed E-state index contributed by atoms with van der Waals surface area (Å²) in [7, 11) is 2.08. The molecule has 0 amide bonds. The maximum atomic E-state index is 6.19. The second kappa shape index (κ2) is 6.57. The molecular weight excluding hydrogens is 264 g/mol. The number of ether oxygens (including phenoxy) is 2. The zero-order valence-corrected chi connectivity index (χ0v) is 12.2. The van der Waals surface area contributed by atoms with Crippen molar-refractivity contribution >= 4 is 11.6 Å². The number of benzene rings is 1. The van der Waals surface area contributed by atoms with Gasteiger partial charge in [-0.2, -0.15) is 0 Å². The molecule has 0 saturated carbocycles. The van der Waals surface area contributed by atoms with E-state index in [1.165, 1.54) is 0 Å². The van der Waals surface area contributed by atoms with Crippen LogP contribution in [0.2, 0.25) is 5.02 Å². The lowest BCUT2D eigenvalue weighted by molar-refractivity contribution is -0.0403. The van der Waals surface area contributed by atoms with Crippen LogP contribution in [0.1, 0.15) is 18.5 Å². The lowest BCUT2D eigenvalue weighted by Gasteiger charge is -2.29. The van der Waals surface area contributed by atoms with E-state index in [1.807, 2.05) is 25.1 Å². The third kappa shape index (κ3) is 4.08. The molecule has 1 saturated heterocycles. The normalized spacial score (nSPS) is 22.2. The summed E-state index contributed by atoms with van der Waals surface area (Å²) >= 11 is 6.19. The Morgan fingerprint density at radius 2 is 2.37 bits per heavy atom. The summed E-state index contributed by atoms with van der Waals surface area (Å²) in [6, 6.07) is 5.64. The number of morpholine rings is 1. The van der Waals surface area contributed by atoms with Crippen LogP contribution in [0.5, 0.6) is 5.75 Å². The molecular formula is C14H21ClN2O2. The number of rotatable bonds is 4. The van der Waals surface area contributed by atoms with Crippen molar-refractivity contribution in [2.45, 2.75) is 19.1 Å². The predicted octanol–water partition coefficient (Wildman–Crippen LogP) is 2.07. The SMILES string of the molecule is C[C@H](N)c1ccc(OCC2CN(C)CCO2)c(Cl)c1. The minimum atomic E-state index is -0.0260. The van der Waals surface area contributed by atoms with Gasteiger partial charge in [-0.05, 0) is 31.7 Å². The van der Waals surface area contributed by atoms with Crippen LogP contribution in [0.25, 0.3) is 0 Å². The molecule has 1 heterocycles. The highest BCUT2D eigenvalue weighted by Gasteiger charge is 2.18. The molecule has 0 spiro atoms. The molecule has 0 radical (unpaired) electrons. The molecule has 2 N–H and O–H groups in total. The van der Waals surface area contributed by atoms with E-state index in [4.69, 9.17) is 26.8 Å². The second-order valence-electron chi connectivity index (χ2n) is 5.04. The minimum Gasteiger partial charge on any atom is -0.489 e. The Balaban J connectivity index is 1.92. The molecule has 1 unspecified atom stereocenters. The van der Waals surface area contributed by atoms with Crippen LogP contribution >= 0.6 is 11.6 Å². The van der Waals surface area contributed by atoms with Crippen molar-refractivity contribution in [2.75, 3.05) is 33.4 Å². The van der Waals surface area contributed by atoms with Gasteiger partial charge in [0, 0.05) is 19.1 Å². The predicted molar refractivity (Wildman–Crippen MR) is 76.8 cm³/mol. The van der Waals surface area contributed by atoms with Crippen LogP contribution in [-0.2, 0) is 4.74 Å². The average Bonchev–Trinajstić information content (AvgIpc) is 2.37. The molecule has 0 aliphatic carbocycles. The van der Waals surface area contributed by atoms with Crippen LogP contribution in [0.3, 0.4) is 0 Å². The molecule has 1 aliphatic rings. The van der Waals surface area contributed by atoms with Crippen LogP contribution in [0.15, 0.2) is 18.2 Å². The highest BCUT2D eigenvalue weighted by atomic mass is 35.5. The quantitative estimate of drug-likeness (QED) is 0.919. The van der Waals surface area contributed by atoms with Crippen molar-refractivity contribution in [1.82, 2.24) is 4.90 Å². The van der Waals surface area contributed by atoms with Gasteiger partial charge in [-0.25, -0.2) is 0 Å². The van der Waals surface area contributed by atoms with Crippen molar-refractivity contribution in [1.29, 1.82) is 0 Å². The van der Waals surface area contributed by atoms with Crippen LogP contribution in [0, 0.1) is 0 Å². The van der Waals surface area contributed by atoms with Gasteiger partial charge in [0.05, 0.1) is 11.6 Å². The monoisotopic (exact) mass is 284 g/mol. The van der Waals surface area contributed by atoms with E-state index in [0.29, 0.717) is 17.4 Å².